The van der Waals surface area contributed by atoms with E-state index in [-0.39, 0.29) is 43.7 Å². The Kier molecular flexibility index (Phi) is 6.11. The predicted octanol–water partition coefficient (Wildman–Crippen LogP) is 4.11. The van der Waals surface area contributed by atoms with E-state index in [0.29, 0.717) is 6.54 Å². The first-order valence-corrected chi connectivity index (χ1v) is 13.3. The van der Waals surface area contributed by atoms with Crippen molar-refractivity contribution in [3.05, 3.63) is 94.8 Å². The number of carbonyl (C=O) groups is 1. The summed E-state index contributed by atoms with van der Waals surface area (Å²) in [6.07, 6.45) is 3.89. The number of rotatable bonds is 8. The highest BCUT2D eigenvalue weighted by molar-refractivity contribution is 6.05. The molecule has 1 aliphatic heterocycles. The van der Waals surface area contributed by atoms with Crippen LogP contribution in [0.1, 0.15) is 11.3 Å². The Morgan fingerprint density at radius 2 is 1.90 bits per heavy atom. The molecule has 6 aromatic rings. The number of hydrogen-bond acceptors (Lipinski definition) is 7. The van der Waals surface area contributed by atoms with Crippen molar-refractivity contribution in [3.63, 3.8) is 0 Å². The molecule has 7 rings (SSSR count). The topological polar surface area (TPSA) is 121 Å². The van der Waals surface area contributed by atoms with Gasteiger partial charge in [-0.3, -0.25) is 19.1 Å². The van der Waals surface area contributed by atoms with Crippen molar-refractivity contribution in [3.8, 4) is 0 Å². The number of fused-ring (bicyclic) bond motifs is 4. The third kappa shape index (κ3) is 4.75. The van der Waals surface area contributed by atoms with Crippen molar-refractivity contribution in [2.75, 3.05) is 23.3 Å². The number of halogens is 1. The Morgan fingerprint density at radius 1 is 1.05 bits per heavy atom. The Labute approximate surface area is 232 Å². The zero-order valence-electron chi connectivity index (χ0n) is 21.9. The van der Waals surface area contributed by atoms with E-state index in [1.807, 2.05) is 54.6 Å². The molecule has 1 amide bonds. The molecule has 0 bridgehead atoms. The predicted molar refractivity (Wildman–Crippen MR) is 155 cm³/mol. The average molecular weight is 552 g/mol. The zero-order chi connectivity index (χ0) is 27.9. The highest BCUT2D eigenvalue weighted by Gasteiger charge is 2.30. The van der Waals surface area contributed by atoms with Gasteiger partial charge in [0.25, 0.3) is 5.56 Å². The maximum Gasteiger partial charge on any atom is 0.278 e. The number of aromatic amines is 1. The average Bonchev–Trinajstić information content (AvgIpc) is 3.56. The van der Waals surface area contributed by atoms with Crippen molar-refractivity contribution in [2.45, 2.75) is 25.8 Å². The maximum absolute atomic E-state index is 13.7. The van der Waals surface area contributed by atoms with E-state index in [2.05, 4.69) is 25.6 Å². The standard InChI is InChI=1S/C30H26FN7O3/c31-20-15-37(16-20)30-35-14-25(33-11-18-5-6-27-23(9-18)22-3-1-2-4-26(22)41-27)29(40)38(30)17-28(39)34-13-21-10-19-12-32-8-7-24(19)36-21/h1-10,12,14,20,33,36H,11,13,15-17H2,(H,34,39). The third-order valence-corrected chi connectivity index (χ3v) is 7.32. The van der Waals surface area contributed by atoms with Crippen molar-refractivity contribution in [1.82, 2.24) is 24.8 Å². The lowest BCUT2D eigenvalue weighted by Gasteiger charge is -2.36. The molecule has 10 nitrogen and oxygen atoms in total. The van der Waals surface area contributed by atoms with E-state index in [9.17, 15) is 14.0 Å². The quantitative estimate of drug-likeness (QED) is 0.260. The first-order chi connectivity index (χ1) is 20.0. The van der Waals surface area contributed by atoms with Crippen molar-refractivity contribution >= 4 is 50.4 Å². The zero-order valence-corrected chi connectivity index (χ0v) is 21.9. The molecule has 1 fully saturated rings. The molecule has 0 unspecified atom stereocenters. The van der Waals surface area contributed by atoms with E-state index >= 15 is 0 Å². The van der Waals surface area contributed by atoms with Crippen LogP contribution >= 0.6 is 0 Å². The highest BCUT2D eigenvalue weighted by atomic mass is 19.1. The lowest BCUT2D eigenvalue weighted by Crippen LogP contribution is -2.51. The fourth-order valence-corrected chi connectivity index (χ4v) is 5.19. The number of nitrogens with one attached hydrogen (secondary N) is 3. The molecular weight excluding hydrogens is 525 g/mol. The maximum atomic E-state index is 13.7. The Hall–Kier alpha value is -5.19. The molecule has 1 saturated heterocycles. The van der Waals surface area contributed by atoms with Gasteiger partial charge in [0.15, 0.2) is 0 Å². The number of anilines is 2. The number of H-pyrrole nitrogens is 1. The molecule has 5 heterocycles. The molecule has 0 aliphatic carbocycles. The minimum absolute atomic E-state index is 0.128. The first kappa shape index (κ1) is 24.8. The second-order valence-corrected chi connectivity index (χ2v) is 10.2. The fraction of sp³-hybridized carbons (Fsp3) is 0.200. The minimum Gasteiger partial charge on any atom is -0.456 e. The van der Waals surface area contributed by atoms with Crippen LogP contribution in [0.25, 0.3) is 32.8 Å². The van der Waals surface area contributed by atoms with E-state index in [1.54, 1.807) is 17.3 Å². The number of furan rings is 1. The number of para-hydroxylation sites is 1. The number of nitrogens with zero attached hydrogens (tertiary/aromatic N) is 4. The Morgan fingerprint density at radius 3 is 2.76 bits per heavy atom. The number of carbonyl (C=O) groups excluding carboxylic acids is 1. The Balaban J connectivity index is 1.10. The van der Waals surface area contributed by atoms with Gasteiger partial charge >= 0.3 is 0 Å². The van der Waals surface area contributed by atoms with Crippen LogP contribution in [0.15, 0.2) is 82.4 Å². The van der Waals surface area contributed by atoms with E-state index in [1.165, 1.54) is 10.8 Å². The van der Waals surface area contributed by atoms with Crippen LogP contribution in [-0.2, 0) is 24.4 Å². The van der Waals surface area contributed by atoms with E-state index < -0.39 is 11.7 Å². The third-order valence-electron chi connectivity index (χ3n) is 7.32. The molecule has 1 aliphatic rings. The van der Waals surface area contributed by atoms with Crippen LogP contribution in [0.2, 0.25) is 0 Å². The van der Waals surface area contributed by atoms with Crippen LogP contribution < -0.4 is 21.1 Å². The molecule has 3 N–H and O–H groups in total. The first-order valence-electron chi connectivity index (χ1n) is 13.3. The lowest BCUT2D eigenvalue weighted by molar-refractivity contribution is -0.121. The van der Waals surface area contributed by atoms with Gasteiger partial charge in [0.2, 0.25) is 11.9 Å². The summed E-state index contributed by atoms with van der Waals surface area (Å²) in [5, 5.41) is 8.98. The summed E-state index contributed by atoms with van der Waals surface area (Å²) in [7, 11) is 0. The van der Waals surface area contributed by atoms with Crippen molar-refractivity contribution < 1.29 is 13.6 Å². The molecule has 0 saturated carbocycles. The fourth-order valence-electron chi connectivity index (χ4n) is 5.19. The molecule has 0 atom stereocenters. The summed E-state index contributed by atoms with van der Waals surface area (Å²) in [6.45, 7) is 0.623. The van der Waals surface area contributed by atoms with Crippen LogP contribution in [0, 0.1) is 0 Å². The number of alkyl halides is 1. The van der Waals surface area contributed by atoms with Gasteiger partial charge in [-0.1, -0.05) is 24.3 Å². The summed E-state index contributed by atoms with van der Waals surface area (Å²) in [6, 6.07) is 17.5. The second-order valence-electron chi connectivity index (χ2n) is 10.2. The van der Waals surface area contributed by atoms with Crippen LogP contribution in [-0.4, -0.2) is 44.7 Å². The van der Waals surface area contributed by atoms with Gasteiger partial charge in [0.05, 0.1) is 25.8 Å². The van der Waals surface area contributed by atoms with Crippen LogP contribution in [0.3, 0.4) is 0 Å². The number of benzene rings is 2. The van der Waals surface area contributed by atoms with Gasteiger partial charge in [-0.2, -0.15) is 0 Å². The molecule has 4 aromatic heterocycles. The van der Waals surface area contributed by atoms with Gasteiger partial charge < -0.3 is 24.9 Å². The van der Waals surface area contributed by atoms with Crippen LogP contribution in [0.4, 0.5) is 16.0 Å². The molecular formula is C30H26FN7O3. The summed E-state index contributed by atoms with van der Waals surface area (Å²) >= 11 is 0. The lowest BCUT2D eigenvalue weighted by atomic mass is 10.1. The van der Waals surface area contributed by atoms with Gasteiger partial charge in [0, 0.05) is 46.3 Å². The monoisotopic (exact) mass is 551 g/mol. The highest BCUT2D eigenvalue weighted by Crippen LogP contribution is 2.29. The summed E-state index contributed by atoms with van der Waals surface area (Å²) in [4.78, 5) is 39.9. The molecule has 11 heteroatoms. The van der Waals surface area contributed by atoms with Crippen molar-refractivity contribution in [1.29, 1.82) is 0 Å². The number of aromatic nitrogens is 4. The summed E-state index contributed by atoms with van der Waals surface area (Å²) in [5.74, 6) is -0.0914. The molecule has 0 radical (unpaired) electrons. The normalized spacial score (nSPS) is 13.6. The van der Waals surface area contributed by atoms with Gasteiger partial charge in [-0.25, -0.2) is 9.37 Å². The smallest absolute Gasteiger partial charge is 0.278 e. The Bertz CT molecular complexity index is 1940. The SMILES string of the molecule is O=C(Cn1c(N2CC(F)C2)ncc(NCc2ccc3oc4ccccc4c3c2)c1=O)NCc1cc2cnccc2[nH]1. The summed E-state index contributed by atoms with van der Waals surface area (Å²) in [5.41, 5.74) is 4.14. The second kappa shape index (κ2) is 10.1. The number of amides is 1. The molecule has 0 spiro atoms. The van der Waals surface area contributed by atoms with Crippen LogP contribution in [0.5, 0.6) is 0 Å². The number of hydrogen-bond donors (Lipinski definition) is 3. The van der Waals surface area contributed by atoms with Gasteiger partial charge in [-0.15, -0.1) is 0 Å². The summed E-state index contributed by atoms with van der Waals surface area (Å²) < 4.78 is 20.9. The molecule has 41 heavy (non-hydrogen) atoms. The largest absolute Gasteiger partial charge is 0.456 e. The van der Waals surface area contributed by atoms with E-state index in [0.717, 1.165) is 44.1 Å². The van der Waals surface area contributed by atoms with Gasteiger partial charge in [-0.05, 0) is 35.9 Å². The molecule has 2 aromatic carbocycles. The number of pyridine rings is 1. The van der Waals surface area contributed by atoms with Crippen molar-refractivity contribution in [2.24, 2.45) is 0 Å². The van der Waals surface area contributed by atoms with E-state index in [4.69, 9.17) is 4.42 Å². The van der Waals surface area contributed by atoms with Gasteiger partial charge in [0.1, 0.15) is 29.6 Å². The minimum atomic E-state index is -0.989. The molecule has 206 valence electrons.